The van der Waals surface area contributed by atoms with Gasteiger partial charge in [0.2, 0.25) is 0 Å². The second-order valence-electron chi connectivity index (χ2n) is 7.41. The van der Waals surface area contributed by atoms with Crippen LogP contribution in [0, 0.1) is 0 Å². The van der Waals surface area contributed by atoms with Crippen molar-refractivity contribution >= 4 is 35.5 Å². The van der Waals surface area contributed by atoms with Gasteiger partial charge in [-0.1, -0.05) is 90.4 Å². The van der Waals surface area contributed by atoms with Gasteiger partial charge in [0.05, 0.1) is 6.61 Å². The van der Waals surface area contributed by atoms with E-state index in [1.807, 2.05) is 0 Å². The van der Waals surface area contributed by atoms with Gasteiger partial charge in [-0.3, -0.25) is 4.79 Å². The Hall–Kier alpha value is 0.430. The summed E-state index contributed by atoms with van der Waals surface area (Å²) in [7, 11) is 0. The number of hydrogen-bond donors (Lipinski definition) is 1. The molecule has 0 aromatic heterocycles. The molecule has 1 fully saturated rings. The van der Waals surface area contributed by atoms with Crippen LogP contribution in [0.5, 0.6) is 0 Å². The Morgan fingerprint density at radius 3 is 1.76 bits per heavy atom. The predicted octanol–water partition coefficient (Wildman–Crippen LogP) is 5.11. The van der Waals surface area contributed by atoms with E-state index in [4.69, 9.17) is 4.74 Å². The van der Waals surface area contributed by atoms with Crippen molar-refractivity contribution in [2.45, 2.75) is 116 Å². The number of carbonyl (C=O) groups is 1. The van der Waals surface area contributed by atoms with Crippen molar-refractivity contribution in [3.05, 3.63) is 0 Å². The average molecular weight is 364 g/mol. The van der Waals surface area contributed by atoms with E-state index in [9.17, 15) is 4.79 Å². The summed E-state index contributed by atoms with van der Waals surface area (Å²) in [6.45, 7) is 3.84. The number of esters is 1. The van der Waals surface area contributed by atoms with E-state index < -0.39 is 0 Å². The molecule has 0 bridgehead atoms. The fourth-order valence-corrected chi connectivity index (χ4v) is 3.46. The van der Waals surface area contributed by atoms with Crippen LogP contribution in [0.25, 0.3) is 0 Å². The van der Waals surface area contributed by atoms with Gasteiger partial charge in [0.25, 0.3) is 0 Å². The van der Waals surface area contributed by atoms with E-state index in [-0.39, 0.29) is 41.6 Å². The van der Waals surface area contributed by atoms with E-state index in [1.165, 1.54) is 83.5 Å². The number of hydrogen-bond acceptors (Lipinski definition) is 3. The van der Waals surface area contributed by atoms with E-state index in [0.717, 1.165) is 25.8 Å². The zero-order chi connectivity index (χ0) is 17.3. The van der Waals surface area contributed by atoms with E-state index in [1.54, 1.807) is 0 Å². The third-order valence-corrected chi connectivity index (χ3v) is 5.09. The van der Waals surface area contributed by atoms with Crippen LogP contribution in [-0.2, 0) is 9.53 Å². The van der Waals surface area contributed by atoms with E-state index in [2.05, 4.69) is 12.2 Å². The molecule has 0 radical (unpaired) electrons. The van der Waals surface area contributed by atoms with Crippen molar-refractivity contribution in [3.63, 3.8) is 0 Å². The molecule has 1 atom stereocenters. The van der Waals surface area contributed by atoms with Gasteiger partial charge in [-0.15, -0.1) is 0 Å². The maximum atomic E-state index is 11.7. The van der Waals surface area contributed by atoms with E-state index in [0.29, 0.717) is 6.61 Å². The van der Waals surface area contributed by atoms with Crippen LogP contribution in [0.2, 0.25) is 0 Å². The monoisotopic (exact) mass is 363 g/mol. The average Bonchev–Trinajstić information content (AvgIpc) is 3.13. The molecule has 0 unspecified atom stereocenters. The fourth-order valence-electron chi connectivity index (χ4n) is 3.46. The Kier molecular flexibility index (Phi) is 19.5. The van der Waals surface area contributed by atoms with Gasteiger partial charge >= 0.3 is 35.5 Å². The maximum absolute atomic E-state index is 11.7. The Labute approximate surface area is 178 Å². The number of nitrogens with one attached hydrogen (secondary N) is 1. The second kappa shape index (κ2) is 19.2. The molecule has 0 saturated carbocycles. The Bertz CT molecular complexity index is 294. The molecular formula is C21H42NNaO2. The van der Waals surface area contributed by atoms with Crippen LogP contribution in [0.4, 0.5) is 0 Å². The van der Waals surface area contributed by atoms with Gasteiger partial charge in [0.1, 0.15) is 6.04 Å². The minimum absolute atomic E-state index is 0. The first-order valence-corrected chi connectivity index (χ1v) is 10.7. The summed E-state index contributed by atoms with van der Waals surface area (Å²) < 4.78 is 5.33. The third-order valence-electron chi connectivity index (χ3n) is 5.09. The number of ether oxygens (including phenoxy) is 1. The SMILES string of the molecule is CCCCCCCCCCCCCCCCOC(=O)[C@H]1CCCN1.[NaH]. The fraction of sp³-hybridized carbons (Fsp3) is 0.952. The Morgan fingerprint density at radius 2 is 1.32 bits per heavy atom. The first kappa shape index (κ1) is 25.4. The van der Waals surface area contributed by atoms with Crippen molar-refractivity contribution in [1.82, 2.24) is 5.32 Å². The van der Waals surface area contributed by atoms with Crippen molar-refractivity contribution in [1.29, 1.82) is 0 Å². The van der Waals surface area contributed by atoms with Gasteiger partial charge < -0.3 is 10.1 Å². The molecule has 0 aromatic carbocycles. The number of rotatable bonds is 16. The number of carbonyl (C=O) groups excluding carboxylic acids is 1. The molecule has 1 saturated heterocycles. The van der Waals surface area contributed by atoms with Crippen LogP contribution in [0.15, 0.2) is 0 Å². The Balaban J connectivity index is 0.00000576. The summed E-state index contributed by atoms with van der Waals surface area (Å²) >= 11 is 0. The van der Waals surface area contributed by atoms with Gasteiger partial charge in [-0.25, -0.2) is 0 Å². The normalized spacial score (nSPS) is 16.6. The molecule has 1 rings (SSSR count). The van der Waals surface area contributed by atoms with Gasteiger partial charge in [-0.2, -0.15) is 0 Å². The molecule has 1 aliphatic rings. The van der Waals surface area contributed by atoms with Crippen molar-refractivity contribution in [2.24, 2.45) is 0 Å². The Morgan fingerprint density at radius 1 is 0.840 bits per heavy atom. The van der Waals surface area contributed by atoms with Crippen LogP contribution in [0.1, 0.15) is 110 Å². The molecule has 25 heavy (non-hydrogen) atoms. The summed E-state index contributed by atoms with van der Waals surface area (Å²) in [5.74, 6) is -0.0396. The van der Waals surface area contributed by atoms with Crippen LogP contribution >= 0.6 is 0 Å². The minimum atomic E-state index is -0.0396. The van der Waals surface area contributed by atoms with Crippen LogP contribution in [0.3, 0.4) is 0 Å². The third kappa shape index (κ3) is 15.2. The summed E-state index contributed by atoms with van der Waals surface area (Å²) in [5, 5.41) is 3.18. The summed E-state index contributed by atoms with van der Waals surface area (Å²) in [6, 6.07) is -0.0309. The van der Waals surface area contributed by atoms with Crippen molar-refractivity contribution in [2.75, 3.05) is 13.2 Å². The molecule has 4 heteroatoms. The summed E-state index contributed by atoms with van der Waals surface area (Å²) in [4.78, 5) is 11.7. The first-order valence-electron chi connectivity index (χ1n) is 10.7. The summed E-state index contributed by atoms with van der Waals surface area (Å²) in [5.41, 5.74) is 0. The molecule has 3 nitrogen and oxygen atoms in total. The van der Waals surface area contributed by atoms with Crippen LogP contribution < -0.4 is 5.32 Å². The van der Waals surface area contributed by atoms with Gasteiger partial charge in [-0.05, 0) is 25.8 Å². The standard InChI is InChI=1S/C21H41NO2.Na.H/c1-2-3-4-5-6-7-8-9-10-11-12-13-14-15-19-24-21(23)20-17-16-18-22-20;;/h20,22H,2-19H2,1H3;;/t20-;;/m1../s1. The van der Waals surface area contributed by atoms with Gasteiger partial charge in [0, 0.05) is 0 Å². The molecule has 0 spiro atoms. The second-order valence-corrected chi connectivity index (χ2v) is 7.41. The molecule has 0 aliphatic carbocycles. The quantitative estimate of drug-likeness (QED) is 0.235. The number of unbranched alkanes of at least 4 members (excludes halogenated alkanes) is 13. The molecule has 1 N–H and O–H groups in total. The predicted molar refractivity (Wildman–Crippen MR) is 109 cm³/mol. The molecule has 0 amide bonds. The van der Waals surface area contributed by atoms with Crippen molar-refractivity contribution in [3.8, 4) is 0 Å². The van der Waals surface area contributed by atoms with Crippen LogP contribution in [-0.4, -0.2) is 54.7 Å². The molecule has 1 heterocycles. The van der Waals surface area contributed by atoms with Crippen molar-refractivity contribution < 1.29 is 9.53 Å². The molecular weight excluding hydrogens is 321 g/mol. The van der Waals surface area contributed by atoms with Gasteiger partial charge in [0.15, 0.2) is 0 Å². The first-order chi connectivity index (χ1) is 11.8. The zero-order valence-electron chi connectivity index (χ0n) is 16.1. The zero-order valence-corrected chi connectivity index (χ0v) is 16.1. The summed E-state index contributed by atoms with van der Waals surface area (Å²) in [6.07, 6.45) is 21.0. The topological polar surface area (TPSA) is 38.3 Å². The molecule has 144 valence electrons. The van der Waals surface area contributed by atoms with E-state index >= 15 is 0 Å². The molecule has 0 aromatic rings. The molecule has 1 aliphatic heterocycles.